The summed E-state index contributed by atoms with van der Waals surface area (Å²) in [6.07, 6.45) is -1.24. The molecule has 4 amide bonds. The minimum Gasteiger partial charge on any atom is -0.472 e. The number of sulfonamides is 1. The smallest absolute Gasteiger partial charge is 0.472 e. The van der Waals surface area contributed by atoms with Gasteiger partial charge in [0.15, 0.2) is 0 Å². The molecule has 16 nitrogen and oxygen atoms in total. The number of allylic oxidation sites excluding steroid dienone is 1. The summed E-state index contributed by atoms with van der Waals surface area (Å²) in [5.74, 6) is -3.19. The van der Waals surface area contributed by atoms with Crippen molar-refractivity contribution in [3.05, 3.63) is 60.7 Å². The second-order valence-corrected chi connectivity index (χ2v) is 19.4. The Morgan fingerprint density at radius 1 is 1.05 bits per heavy atom. The van der Waals surface area contributed by atoms with Crippen LogP contribution < -0.4 is 29.7 Å². The van der Waals surface area contributed by atoms with Crippen molar-refractivity contribution in [2.45, 2.75) is 100 Å². The standard InChI is InChI=1S/C43H51F3N6O10S/c1-41(2,3)62-40(56)48-34-24-59-18-8-6-7-9-27-22-42(27,39(55)50-63(57,58)31-15-16-31)49-36(53)35-21-30(23-52(35)38(34)54)60-37-32-17-12-28(51(4)5)19-26(32)20-33(47-37)25-10-13-29(14-11-25)61-43(44,45)46/h7,9-14,17,19-20,27,30-31,34-35H,6,8,15-16,18,21-24H2,1-5H3,(H,48,56)(H,49,53)(H,50,55)/t27?,30?,34-,35-,42+/m0/s1. The Morgan fingerprint density at radius 3 is 2.44 bits per heavy atom. The Bertz CT molecular complexity index is 2390. The minimum absolute atomic E-state index is 0.101. The summed E-state index contributed by atoms with van der Waals surface area (Å²) in [6.45, 7) is 4.73. The number of nitrogens with zero attached hydrogens (tertiary/aromatic N) is 3. The third-order valence-corrected chi connectivity index (χ3v) is 12.9. The number of hydrogen-bond donors (Lipinski definition) is 3. The monoisotopic (exact) mass is 900 g/mol. The summed E-state index contributed by atoms with van der Waals surface area (Å²) in [5.41, 5.74) is -0.916. The lowest BCUT2D eigenvalue weighted by Crippen LogP contribution is -2.59. The van der Waals surface area contributed by atoms with Gasteiger partial charge in [-0.2, -0.15) is 0 Å². The SMILES string of the molecule is CN(C)c1ccc2c(OC3C[C@H]4C(=O)N[C@]5(C(=O)NS(=O)(=O)C6CC6)CC5C=CCCCOC[C@H](NC(=O)OC(C)(C)C)C(=O)N4C3)nc(-c3ccc(OC(F)(F)F)cc3)cc2c1. The molecule has 340 valence electrons. The van der Waals surface area contributed by atoms with Crippen LogP contribution in [-0.2, 0) is 33.9 Å². The molecule has 3 heterocycles. The lowest BCUT2D eigenvalue weighted by molar-refractivity contribution is -0.274. The predicted octanol–water partition coefficient (Wildman–Crippen LogP) is 4.96. The predicted molar refractivity (Wildman–Crippen MR) is 224 cm³/mol. The molecular weight excluding hydrogens is 850 g/mol. The number of amides is 4. The van der Waals surface area contributed by atoms with Crippen LogP contribution in [0.5, 0.6) is 11.6 Å². The zero-order valence-corrected chi connectivity index (χ0v) is 36.3. The molecule has 3 aromatic rings. The molecule has 7 rings (SSSR count). The van der Waals surface area contributed by atoms with Crippen LogP contribution in [0.25, 0.3) is 22.0 Å². The van der Waals surface area contributed by atoms with Crippen LogP contribution in [0, 0.1) is 5.92 Å². The molecule has 1 aromatic heterocycles. The van der Waals surface area contributed by atoms with Crippen molar-refractivity contribution in [2.24, 2.45) is 5.92 Å². The molecule has 0 spiro atoms. The average Bonchev–Trinajstić information content (AvgIpc) is 4.12. The molecule has 20 heteroatoms. The third-order valence-electron chi connectivity index (χ3n) is 11.1. The van der Waals surface area contributed by atoms with E-state index < -0.39 is 86.4 Å². The molecule has 0 radical (unpaired) electrons. The van der Waals surface area contributed by atoms with E-state index in [1.54, 1.807) is 39.0 Å². The number of pyridine rings is 1. The second kappa shape index (κ2) is 17.5. The summed E-state index contributed by atoms with van der Waals surface area (Å²) < 4.78 is 88.8. The van der Waals surface area contributed by atoms with E-state index in [9.17, 15) is 40.8 Å². The zero-order valence-electron chi connectivity index (χ0n) is 35.5. The number of rotatable bonds is 9. The van der Waals surface area contributed by atoms with Gasteiger partial charge < -0.3 is 39.4 Å². The number of alkyl halides is 3. The van der Waals surface area contributed by atoms with Crippen molar-refractivity contribution < 1.29 is 59.7 Å². The van der Waals surface area contributed by atoms with E-state index in [4.69, 9.17) is 19.2 Å². The molecule has 2 aliphatic heterocycles. The summed E-state index contributed by atoms with van der Waals surface area (Å²) in [6, 6.07) is 9.84. The highest BCUT2D eigenvalue weighted by molar-refractivity contribution is 7.91. The summed E-state index contributed by atoms with van der Waals surface area (Å²) in [4.78, 5) is 64.0. The maximum Gasteiger partial charge on any atom is 0.573 e. The molecule has 5 atom stereocenters. The minimum atomic E-state index is -4.88. The molecule has 3 N–H and O–H groups in total. The summed E-state index contributed by atoms with van der Waals surface area (Å²) >= 11 is 0. The topological polar surface area (TPSA) is 195 Å². The van der Waals surface area contributed by atoms with Crippen molar-refractivity contribution in [2.75, 3.05) is 38.8 Å². The van der Waals surface area contributed by atoms with E-state index in [-0.39, 0.29) is 38.5 Å². The number of aromatic nitrogens is 1. The quantitative estimate of drug-likeness (QED) is 0.245. The first-order valence-electron chi connectivity index (χ1n) is 20.7. The third kappa shape index (κ3) is 10.9. The first kappa shape index (κ1) is 45.4. The van der Waals surface area contributed by atoms with Crippen LogP contribution in [0.4, 0.5) is 23.7 Å². The maximum absolute atomic E-state index is 14.6. The van der Waals surface area contributed by atoms with Crippen molar-refractivity contribution in [1.29, 1.82) is 0 Å². The fourth-order valence-corrected chi connectivity index (χ4v) is 9.01. The van der Waals surface area contributed by atoms with Crippen molar-refractivity contribution in [1.82, 2.24) is 25.2 Å². The molecule has 2 aliphatic carbocycles. The second-order valence-electron chi connectivity index (χ2n) is 17.5. The van der Waals surface area contributed by atoms with Crippen molar-refractivity contribution >= 4 is 50.3 Å². The Kier molecular flexibility index (Phi) is 12.6. The molecule has 0 bridgehead atoms. The number of fused-ring (bicyclic) bond motifs is 3. The molecular formula is C43H51F3N6O10S. The van der Waals surface area contributed by atoms with Gasteiger partial charge in [0.2, 0.25) is 27.7 Å². The van der Waals surface area contributed by atoms with Gasteiger partial charge >= 0.3 is 12.5 Å². The fourth-order valence-electron chi connectivity index (χ4n) is 7.65. The summed E-state index contributed by atoms with van der Waals surface area (Å²) in [7, 11) is -0.263. The highest BCUT2D eigenvalue weighted by Gasteiger charge is 2.62. The van der Waals surface area contributed by atoms with Crippen LogP contribution in [0.2, 0.25) is 0 Å². The Labute approximate surface area is 362 Å². The van der Waals surface area contributed by atoms with E-state index in [2.05, 4.69) is 20.1 Å². The van der Waals surface area contributed by atoms with Gasteiger partial charge in [0.25, 0.3) is 5.91 Å². The van der Waals surface area contributed by atoms with Crippen LogP contribution in [-0.4, -0.2) is 117 Å². The van der Waals surface area contributed by atoms with Crippen LogP contribution in [0.3, 0.4) is 0 Å². The van der Waals surface area contributed by atoms with Crippen LogP contribution >= 0.6 is 0 Å². The van der Waals surface area contributed by atoms with Crippen LogP contribution in [0.15, 0.2) is 60.7 Å². The van der Waals surface area contributed by atoms with Gasteiger partial charge in [-0.3, -0.25) is 19.1 Å². The molecule has 1 saturated heterocycles. The number of ether oxygens (including phenoxy) is 4. The molecule has 2 aromatic carbocycles. The summed E-state index contributed by atoms with van der Waals surface area (Å²) in [5, 5.41) is 5.94. The lowest BCUT2D eigenvalue weighted by atomic mass is 10.1. The van der Waals surface area contributed by atoms with Gasteiger partial charge in [0.1, 0.15) is 35.1 Å². The van der Waals surface area contributed by atoms with Gasteiger partial charge in [-0.05, 0) is 107 Å². The Hall–Kier alpha value is -5.63. The van der Waals surface area contributed by atoms with Gasteiger partial charge in [0.05, 0.1) is 24.1 Å². The number of alkyl carbamates (subject to hydrolysis) is 1. The van der Waals surface area contributed by atoms with Gasteiger partial charge in [0, 0.05) is 49.7 Å². The highest BCUT2D eigenvalue weighted by Crippen LogP contribution is 2.46. The number of carbonyl (C=O) groups is 4. The number of benzene rings is 2. The first-order chi connectivity index (χ1) is 29.6. The van der Waals surface area contributed by atoms with Crippen LogP contribution in [0.1, 0.15) is 59.3 Å². The van der Waals surface area contributed by atoms with E-state index in [1.807, 2.05) is 37.2 Å². The molecule has 3 fully saturated rings. The number of anilines is 1. The first-order valence-corrected chi connectivity index (χ1v) is 22.2. The molecule has 4 aliphatic rings. The van der Waals surface area contributed by atoms with Gasteiger partial charge in [-0.15, -0.1) is 13.2 Å². The Balaban J connectivity index is 1.24. The van der Waals surface area contributed by atoms with Gasteiger partial charge in [-0.25, -0.2) is 18.2 Å². The molecule has 2 saturated carbocycles. The van der Waals surface area contributed by atoms with Crippen molar-refractivity contribution in [3.8, 4) is 22.9 Å². The normalized spacial score (nSPS) is 24.5. The number of carbonyl (C=O) groups excluding carboxylic acids is 4. The number of nitrogens with one attached hydrogen (secondary N) is 3. The fraction of sp³-hybridized carbons (Fsp3) is 0.512. The largest absolute Gasteiger partial charge is 0.573 e. The lowest BCUT2D eigenvalue weighted by Gasteiger charge is -2.30. The molecule has 63 heavy (non-hydrogen) atoms. The average molecular weight is 901 g/mol. The van der Waals surface area contributed by atoms with E-state index in [0.29, 0.717) is 47.7 Å². The highest BCUT2D eigenvalue weighted by atomic mass is 32.2. The number of hydrogen-bond acceptors (Lipinski definition) is 12. The maximum atomic E-state index is 14.6. The number of halogens is 3. The Morgan fingerprint density at radius 2 is 1.78 bits per heavy atom. The zero-order chi connectivity index (χ0) is 45.5. The van der Waals surface area contributed by atoms with E-state index in [1.165, 1.54) is 17.0 Å². The molecule has 2 unspecified atom stereocenters. The van der Waals surface area contributed by atoms with E-state index >= 15 is 0 Å². The van der Waals surface area contributed by atoms with E-state index in [0.717, 1.165) is 17.8 Å². The van der Waals surface area contributed by atoms with Crippen molar-refractivity contribution in [3.63, 3.8) is 0 Å². The van der Waals surface area contributed by atoms with Gasteiger partial charge in [-0.1, -0.05) is 12.2 Å².